The molecule has 0 fully saturated rings. The van der Waals surface area contributed by atoms with Crippen molar-refractivity contribution in [2.75, 3.05) is 17.7 Å². The van der Waals surface area contributed by atoms with E-state index in [1.807, 2.05) is 12.1 Å². The molecule has 1 heterocycles. The van der Waals surface area contributed by atoms with E-state index >= 15 is 0 Å². The molecule has 2 aromatic rings. The highest BCUT2D eigenvalue weighted by atomic mass is 19.2. The fraction of sp³-hybridized carbons (Fsp3) is 0.154. The van der Waals surface area contributed by atoms with E-state index in [1.165, 1.54) is 6.07 Å². The summed E-state index contributed by atoms with van der Waals surface area (Å²) in [6.45, 7) is 0.424. The molecule has 0 aliphatic carbocycles. The second kappa shape index (κ2) is 5.00. The van der Waals surface area contributed by atoms with Crippen LogP contribution in [0.5, 0.6) is 0 Å². The van der Waals surface area contributed by atoms with E-state index in [4.69, 9.17) is 5.73 Å². The van der Waals surface area contributed by atoms with Crippen LogP contribution < -0.4 is 10.6 Å². The van der Waals surface area contributed by atoms with Crippen LogP contribution in [0.2, 0.25) is 0 Å². The van der Waals surface area contributed by atoms with Gasteiger partial charge < -0.3 is 10.6 Å². The molecule has 0 aliphatic heterocycles. The van der Waals surface area contributed by atoms with Crippen LogP contribution in [0.25, 0.3) is 0 Å². The Balaban J connectivity index is 2.29. The van der Waals surface area contributed by atoms with Crippen LogP contribution in [0.4, 0.5) is 20.2 Å². The number of anilines is 2. The fourth-order valence-electron chi connectivity index (χ4n) is 1.78. The van der Waals surface area contributed by atoms with Crippen LogP contribution in [0.1, 0.15) is 5.56 Å². The van der Waals surface area contributed by atoms with Gasteiger partial charge in [-0.05, 0) is 29.8 Å². The van der Waals surface area contributed by atoms with Gasteiger partial charge in [0.15, 0.2) is 11.6 Å². The Morgan fingerprint density at radius 3 is 2.50 bits per heavy atom. The van der Waals surface area contributed by atoms with Gasteiger partial charge in [-0.25, -0.2) is 8.78 Å². The van der Waals surface area contributed by atoms with E-state index in [0.29, 0.717) is 6.54 Å². The molecule has 1 aromatic heterocycles. The molecule has 2 N–H and O–H groups in total. The molecular weight excluding hydrogens is 236 g/mol. The highest BCUT2D eigenvalue weighted by Gasteiger charge is 2.15. The molecule has 5 heteroatoms. The molecule has 0 amide bonds. The van der Waals surface area contributed by atoms with E-state index in [9.17, 15) is 8.78 Å². The van der Waals surface area contributed by atoms with Crippen LogP contribution in [0.15, 0.2) is 36.7 Å². The number of aromatic nitrogens is 1. The largest absolute Gasteiger partial charge is 0.397 e. The SMILES string of the molecule is CN(Cc1ccncc1)c1c(N)ccc(F)c1F. The monoisotopic (exact) mass is 249 g/mol. The maximum atomic E-state index is 13.7. The van der Waals surface area contributed by atoms with Gasteiger partial charge in [0.2, 0.25) is 0 Å². The molecule has 94 valence electrons. The van der Waals surface area contributed by atoms with Crippen LogP contribution in [0, 0.1) is 11.6 Å². The summed E-state index contributed by atoms with van der Waals surface area (Å²) in [5.74, 6) is -1.83. The molecule has 3 nitrogen and oxygen atoms in total. The van der Waals surface area contributed by atoms with Crippen LogP contribution in [0.3, 0.4) is 0 Å². The smallest absolute Gasteiger partial charge is 0.184 e. The van der Waals surface area contributed by atoms with Gasteiger partial charge in [0.25, 0.3) is 0 Å². The molecule has 0 bridgehead atoms. The molecule has 0 aliphatic rings. The minimum atomic E-state index is -0.924. The second-order valence-electron chi connectivity index (χ2n) is 4.01. The van der Waals surface area contributed by atoms with Gasteiger partial charge in [0, 0.05) is 26.0 Å². The van der Waals surface area contributed by atoms with E-state index in [-0.39, 0.29) is 11.4 Å². The molecule has 0 radical (unpaired) electrons. The van der Waals surface area contributed by atoms with Crippen molar-refractivity contribution in [1.29, 1.82) is 0 Å². The Labute approximate surface area is 104 Å². The summed E-state index contributed by atoms with van der Waals surface area (Å²) in [6.07, 6.45) is 3.29. The van der Waals surface area contributed by atoms with E-state index < -0.39 is 11.6 Å². The van der Waals surface area contributed by atoms with Gasteiger partial charge in [-0.15, -0.1) is 0 Å². The van der Waals surface area contributed by atoms with E-state index in [1.54, 1.807) is 24.3 Å². The van der Waals surface area contributed by atoms with Crippen LogP contribution in [-0.2, 0) is 6.54 Å². The van der Waals surface area contributed by atoms with Crippen molar-refractivity contribution >= 4 is 11.4 Å². The lowest BCUT2D eigenvalue weighted by Gasteiger charge is -2.21. The highest BCUT2D eigenvalue weighted by molar-refractivity contribution is 5.68. The van der Waals surface area contributed by atoms with Crippen molar-refractivity contribution in [3.05, 3.63) is 53.9 Å². The van der Waals surface area contributed by atoms with Crippen molar-refractivity contribution in [2.24, 2.45) is 0 Å². The Morgan fingerprint density at radius 2 is 1.83 bits per heavy atom. The Morgan fingerprint density at radius 1 is 1.17 bits per heavy atom. The zero-order chi connectivity index (χ0) is 13.1. The Kier molecular flexibility index (Phi) is 3.41. The first-order valence-corrected chi connectivity index (χ1v) is 5.43. The summed E-state index contributed by atoms with van der Waals surface area (Å²) in [4.78, 5) is 5.47. The summed E-state index contributed by atoms with van der Waals surface area (Å²) >= 11 is 0. The number of rotatable bonds is 3. The minimum absolute atomic E-state index is 0.0758. The number of halogens is 2. The van der Waals surface area contributed by atoms with E-state index in [2.05, 4.69) is 4.98 Å². The van der Waals surface area contributed by atoms with Crippen molar-refractivity contribution in [3.63, 3.8) is 0 Å². The molecule has 0 saturated heterocycles. The van der Waals surface area contributed by atoms with Gasteiger partial charge >= 0.3 is 0 Å². The van der Waals surface area contributed by atoms with Gasteiger partial charge in [-0.3, -0.25) is 4.98 Å². The lowest BCUT2D eigenvalue weighted by molar-refractivity contribution is 0.508. The molecule has 0 unspecified atom stereocenters. The zero-order valence-corrected chi connectivity index (χ0v) is 9.90. The number of nitrogens with two attached hydrogens (primary N) is 1. The maximum absolute atomic E-state index is 13.7. The predicted molar refractivity (Wildman–Crippen MR) is 67.1 cm³/mol. The normalized spacial score (nSPS) is 10.4. The average molecular weight is 249 g/mol. The number of pyridine rings is 1. The first-order valence-electron chi connectivity index (χ1n) is 5.43. The third-order valence-electron chi connectivity index (χ3n) is 2.65. The van der Waals surface area contributed by atoms with Crippen LogP contribution in [-0.4, -0.2) is 12.0 Å². The molecule has 2 rings (SSSR count). The summed E-state index contributed by atoms with van der Waals surface area (Å²) < 4.78 is 26.9. The number of nitrogens with zero attached hydrogens (tertiary/aromatic N) is 2. The summed E-state index contributed by atoms with van der Waals surface area (Å²) in [5.41, 5.74) is 6.91. The summed E-state index contributed by atoms with van der Waals surface area (Å²) in [6, 6.07) is 6.00. The first-order chi connectivity index (χ1) is 8.59. The first kappa shape index (κ1) is 12.3. The number of benzene rings is 1. The van der Waals surface area contributed by atoms with Crippen molar-refractivity contribution in [1.82, 2.24) is 4.98 Å². The van der Waals surface area contributed by atoms with Crippen molar-refractivity contribution in [2.45, 2.75) is 6.54 Å². The van der Waals surface area contributed by atoms with Gasteiger partial charge in [-0.2, -0.15) is 0 Å². The van der Waals surface area contributed by atoms with Gasteiger partial charge in [0.1, 0.15) is 0 Å². The predicted octanol–water partition coefficient (Wildman–Crippen LogP) is 2.58. The highest BCUT2D eigenvalue weighted by Crippen LogP contribution is 2.28. The number of hydrogen-bond donors (Lipinski definition) is 1. The Hall–Kier alpha value is -2.17. The van der Waals surface area contributed by atoms with Crippen molar-refractivity contribution in [3.8, 4) is 0 Å². The third kappa shape index (κ3) is 2.40. The standard InChI is InChI=1S/C13H13F2N3/c1-18(8-9-4-6-17-7-5-9)13-11(16)3-2-10(14)12(13)15/h2-7H,8,16H2,1H3. The molecule has 1 aromatic carbocycles. The lowest BCUT2D eigenvalue weighted by Crippen LogP contribution is -2.19. The zero-order valence-electron chi connectivity index (χ0n) is 9.90. The Bertz CT molecular complexity index is 543. The quantitative estimate of drug-likeness (QED) is 0.850. The van der Waals surface area contributed by atoms with Gasteiger partial charge in [-0.1, -0.05) is 0 Å². The minimum Gasteiger partial charge on any atom is -0.397 e. The second-order valence-corrected chi connectivity index (χ2v) is 4.01. The molecule has 18 heavy (non-hydrogen) atoms. The molecule has 0 atom stereocenters. The topological polar surface area (TPSA) is 42.2 Å². The molecule has 0 spiro atoms. The van der Waals surface area contributed by atoms with E-state index in [0.717, 1.165) is 11.6 Å². The number of hydrogen-bond acceptors (Lipinski definition) is 3. The van der Waals surface area contributed by atoms with Gasteiger partial charge in [0.05, 0.1) is 11.4 Å². The van der Waals surface area contributed by atoms with Crippen LogP contribution >= 0.6 is 0 Å². The lowest BCUT2D eigenvalue weighted by atomic mass is 10.2. The molecule has 0 saturated carbocycles. The van der Waals surface area contributed by atoms with Crippen molar-refractivity contribution < 1.29 is 8.78 Å². The fourth-order valence-corrected chi connectivity index (χ4v) is 1.78. The summed E-state index contributed by atoms with van der Waals surface area (Å²) in [7, 11) is 1.66. The number of nitrogen functional groups attached to an aromatic ring is 1. The summed E-state index contributed by atoms with van der Waals surface area (Å²) in [5, 5.41) is 0. The maximum Gasteiger partial charge on any atom is 0.184 e. The molecular formula is C13H13F2N3. The third-order valence-corrected chi connectivity index (χ3v) is 2.65. The average Bonchev–Trinajstić information content (AvgIpc) is 2.36.